The zero-order chi connectivity index (χ0) is 17.2. The molecule has 0 bridgehead atoms. The van der Waals surface area contributed by atoms with Crippen LogP contribution in [0.25, 0.3) is 0 Å². The summed E-state index contributed by atoms with van der Waals surface area (Å²) in [7, 11) is 0. The first-order valence-electron chi connectivity index (χ1n) is 9.27. The van der Waals surface area contributed by atoms with E-state index >= 15 is 0 Å². The molecule has 0 spiro atoms. The molecule has 4 rings (SSSR count). The summed E-state index contributed by atoms with van der Waals surface area (Å²) >= 11 is 0. The van der Waals surface area contributed by atoms with E-state index in [0.29, 0.717) is 18.0 Å². The third kappa shape index (κ3) is 3.68. The summed E-state index contributed by atoms with van der Waals surface area (Å²) in [6.45, 7) is 2.21. The number of nitrogens with zero attached hydrogens (tertiary/aromatic N) is 2. The van der Waals surface area contributed by atoms with Gasteiger partial charge in [0.15, 0.2) is 0 Å². The van der Waals surface area contributed by atoms with Crippen LogP contribution in [-0.2, 0) is 0 Å². The zero-order valence-corrected chi connectivity index (χ0v) is 14.6. The van der Waals surface area contributed by atoms with Gasteiger partial charge in [0, 0.05) is 24.5 Å². The van der Waals surface area contributed by atoms with E-state index in [-0.39, 0.29) is 12.1 Å². The quantitative estimate of drug-likeness (QED) is 0.862. The Morgan fingerprint density at radius 1 is 1.08 bits per heavy atom. The van der Waals surface area contributed by atoms with Crippen molar-refractivity contribution in [3.8, 4) is 0 Å². The van der Waals surface area contributed by atoms with Crippen LogP contribution in [0.2, 0.25) is 0 Å². The van der Waals surface area contributed by atoms with Crippen molar-refractivity contribution in [3.05, 3.63) is 66.0 Å². The molecule has 2 fully saturated rings. The molecule has 1 aromatic carbocycles. The minimum Gasteiger partial charge on any atom is -0.327 e. The van der Waals surface area contributed by atoms with Crippen molar-refractivity contribution in [2.75, 3.05) is 0 Å². The highest BCUT2D eigenvalue weighted by Gasteiger charge is 2.42. The number of carbonyl (C=O) groups excluding carboxylic acids is 1. The average Bonchev–Trinajstić information content (AvgIpc) is 3.54. The van der Waals surface area contributed by atoms with Gasteiger partial charge in [-0.1, -0.05) is 36.4 Å². The zero-order valence-electron chi connectivity index (χ0n) is 14.6. The Morgan fingerprint density at radius 2 is 1.80 bits per heavy atom. The van der Waals surface area contributed by atoms with Crippen molar-refractivity contribution in [3.63, 3.8) is 0 Å². The minimum atomic E-state index is -0.171. The molecule has 130 valence electrons. The normalized spacial score (nSPS) is 19.1. The van der Waals surface area contributed by atoms with Crippen LogP contribution in [0.5, 0.6) is 0 Å². The fourth-order valence-electron chi connectivity index (χ4n) is 3.59. The van der Waals surface area contributed by atoms with Gasteiger partial charge in [0.2, 0.25) is 0 Å². The second-order valence-electron chi connectivity index (χ2n) is 7.30. The number of hydrogen-bond donors (Lipinski definition) is 1. The number of aromatic nitrogens is 1. The third-order valence-corrected chi connectivity index (χ3v) is 5.34. The van der Waals surface area contributed by atoms with Crippen LogP contribution in [0, 0.1) is 5.92 Å². The molecule has 2 aliphatic rings. The lowest BCUT2D eigenvalue weighted by Gasteiger charge is -2.32. The van der Waals surface area contributed by atoms with E-state index in [9.17, 15) is 4.79 Å². The summed E-state index contributed by atoms with van der Waals surface area (Å²) < 4.78 is 0. The van der Waals surface area contributed by atoms with E-state index in [2.05, 4.69) is 34.3 Å². The van der Waals surface area contributed by atoms with Crippen molar-refractivity contribution in [2.45, 2.75) is 50.7 Å². The van der Waals surface area contributed by atoms with Gasteiger partial charge >= 0.3 is 6.03 Å². The average molecular weight is 335 g/mol. The highest BCUT2D eigenvalue weighted by Crippen LogP contribution is 2.40. The maximum Gasteiger partial charge on any atom is 0.318 e. The highest BCUT2D eigenvalue weighted by molar-refractivity contribution is 5.76. The van der Waals surface area contributed by atoms with Crippen molar-refractivity contribution in [1.29, 1.82) is 0 Å². The maximum atomic E-state index is 13.1. The van der Waals surface area contributed by atoms with E-state index in [1.54, 1.807) is 6.20 Å². The van der Waals surface area contributed by atoms with Crippen molar-refractivity contribution in [1.82, 2.24) is 15.2 Å². The van der Waals surface area contributed by atoms with Gasteiger partial charge in [0.05, 0.1) is 6.04 Å². The summed E-state index contributed by atoms with van der Waals surface area (Å²) in [5, 5.41) is 3.28. The minimum absolute atomic E-state index is 0.0552. The van der Waals surface area contributed by atoms with Gasteiger partial charge in [-0.05, 0) is 55.7 Å². The molecule has 2 saturated carbocycles. The van der Waals surface area contributed by atoms with Gasteiger partial charge in [-0.25, -0.2) is 4.79 Å². The Bertz CT molecular complexity index is 671. The number of rotatable bonds is 6. The van der Waals surface area contributed by atoms with Gasteiger partial charge in [0.1, 0.15) is 0 Å². The van der Waals surface area contributed by atoms with Crippen LogP contribution in [0.4, 0.5) is 4.79 Å². The molecule has 0 saturated heterocycles. The lowest BCUT2D eigenvalue weighted by atomic mass is 10.0. The molecule has 2 amide bonds. The molecule has 1 N–H and O–H groups in total. The lowest BCUT2D eigenvalue weighted by Crippen LogP contribution is -2.48. The first-order chi connectivity index (χ1) is 12.2. The molecule has 25 heavy (non-hydrogen) atoms. The fourth-order valence-corrected chi connectivity index (χ4v) is 3.59. The molecule has 2 aliphatic carbocycles. The maximum absolute atomic E-state index is 13.1. The van der Waals surface area contributed by atoms with Crippen molar-refractivity contribution >= 4 is 6.03 Å². The van der Waals surface area contributed by atoms with Crippen LogP contribution in [0.3, 0.4) is 0 Å². The topological polar surface area (TPSA) is 45.2 Å². The van der Waals surface area contributed by atoms with Gasteiger partial charge in [-0.15, -0.1) is 0 Å². The molecule has 0 radical (unpaired) electrons. The van der Waals surface area contributed by atoms with Crippen LogP contribution in [-0.4, -0.2) is 28.0 Å². The van der Waals surface area contributed by atoms with Crippen molar-refractivity contribution < 1.29 is 4.79 Å². The van der Waals surface area contributed by atoms with Gasteiger partial charge in [-0.3, -0.25) is 4.98 Å². The second kappa shape index (κ2) is 6.87. The lowest BCUT2D eigenvalue weighted by molar-refractivity contribution is 0.165. The summed E-state index contributed by atoms with van der Waals surface area (Å²) in [4.78, 5) is 19.5. The first kappa shape index (κ1) is 16.1. The molecule has 2 atom stereocenters. The van der Waals surface area contributed by atoms with Crippen molar-refractivity contribution in [2.24, 2.45) is 5.92 Å². The Balaban J connectivity index is 1.58. The third-order valence-electron chi connectivity index (χ3n) is 5.34. The SMILES string of the molecule is CC(C1CC1)N(C(=O)NC(c1ccccc1)c1cccnc1)C1CC1. The summed E-state index contributed by atoms with van der Waals surface area (Å²) in [6, 6.07) is 14.7. The van der Waals surface area contributed by atoms with Crippen LogP contribution in [0.15, 0.2) is 54.9 Å². The van der Waals surface area contributed by atoms with Gasteiger partial charge < -0.3 is 10.2 Å². The van der Waals surface area contributed by atoms with Gasteiger partial charge in [-0.2, -0.15) is 0 Å². The molecule has 2 aromatic rings. The highest BCUT2D eigenvalue weighted by atomic mass is 16.2. The molecule has 4 nitrogen and oxygen atoms in total. The molecule has 1 heterocycles. The number of nitrogens with one attached hydrogen (secondary N) is 1. The van der Waals surface area contributed by atoms with E-state index in [1.807, 2.05) is 36.5 Å². The predicted molar refractivity (Wildman–Crippen MR) is 98.1 cm³/mol. The van der Waals surface area contributed by atoms with Crippen LogP contribution >= 0.6 is 0 Å². The second-order valence-corrected chi connectivity index (χ2v) is 7.30. The molecule has 2 unspecified atom stereocenters. The van der Waals surface area contributed by atoms with Crippen LogP contribution in [0.1, 0.15) is 49.8 Å². The summed E-state index contributed by atoms with van der Waals surface area (Å²) in [6.07, 6.45) is 8.37. The molecule has 4 heteroatoms. The fraction of sp³-hybridized carbons (Fsp3) is 0.429. The number of carbonyl (C=O) groups is 1. The smallest absolute Gasteiger partial charge is 0.318 e. The predicted octanol–water partition coefficient (Wildman–Crippen LogP) is 4.14. The number of hydrogen-bond acceptors (Lipinski definition) is 2. The Morgan fingerprint density at radius 3 is 2.40 bits per heavy atom. The molecular weight excluding hydrogens is 310 g/mol. The molecular formula is C21H25N3O. The van der Waals surface area contributed by atoms with Gasteiger partial charge in [0.25, 0.3) is 0 Å². The molecule has 0 aliphatic heterocycles. The summed E-state index contributed by atoms with van der Waals surface area (Å²) in [5.74, 6) is 0.680. The van der Waals surface area contributed by atoms with E-state index < -0.39 is 0 Å². The Labute approximate surface area is 149 Å². The Hall–Kier alpha value is -2.36. The number of urea groups is 1. The standard InChI is InChI=1S/C21H25N3O/c1-15(16-9-10-16)24(19-11-12-19)21(25)23-20(17-6-3-2-4-7-17)18-8-5-13-22-14-18/h2-8,13-16,19-20H,9-12H2,1H3,(H,23,25). The number of amides is 2. The summed E-state index contributed by atoms with van der Waals surface area (Å²) in [5.41, 5.74) is 2.09. The largest absolute Gasteiger partial charge is 0.327 e. The van der Waals surface area contributed by atoms with E-state index in [4.69, 9.17) is 0 Å². The molecule has 1 aromatic heterocycles. The van der Waals surface area contributed by atoms with Crippen LogP contribution < -0.4 is 5.32 Å². The van der Waals surface area contributed by atoms with E-state index in [1.165, 1.54) is 12.8 Å². The number of pyridine rings is 1. The Kier molecular flexibility index (Phi) is 4.43. The monoisotopic (exact) mass is 335 g/mol. The first-order valence-corrected chi connectivity index (χ1v) is 9.27. The van der Waals surface area contributed by atoms with E-state index in [0.717, 1.165) is 24.0 Å². The number of benzene rings is 1.